The van der Waals surface area contributed by atoms with E-state index in [0.717, 1.165) is 19.5 Å². The van der Waals surface area contributed by atoms with Crippen LogP contribution in [0.15, 0.2) is 29.6 Å². The number of nitrogens with one attached hydrogen (secondary N) is 1. The summed E-state index contributed by atoms with van der Waals surface area (Å²) >= 11 is 1.79. The zero-order chi connectivity index (χ0) is 12.1. The number of benzene rings is 1. The van der Waals surface area contributed by atoms with E-state index in [4.69, 9.17) is 0 Å². The number of Topliss-reactive ketones (excluding diaryl/α,β-unsaturated/α-hetero) is 1. The molecule has 0 aliphatic rings. The summed E-state index contributed by atoms with van der Waals surface area (Å²) in [7, 11) is 0. The molecule has 90 valence electrons. The molecule has 0 amide bonds. The van der Waals surface area contributed by atoms with Gasteiger partial charge in [0.15, 0.2) is 0 Å². The molecule has 2 rings (SSSR count). The van der Waals surface area contributed by atoms with E-state index in [1.165, 1.54) is 15.6 Å². The summed E-state index contributed by atoms with van der Waals surface area (Å²) in [6.07, 6.45) is 1.61. The van der Waals surface area contributed by atoms with E-state index >= 15 is 0 Å². The van der Waals surface area contributed by atoms with Gasteiger partial charge in [-0.2, -0.15) is 0 Å². The number of carbonyl (C=O) groups excluding carboxylic acids is 1. The molecular weight excluding hydrogens is 230 g/mol. The molecular formula is C14H17NOS. The van der Waals surface area contributed by atoms with Gasteiger partial charge in [0.2, 0.25) is 0 Å². The molecule has 0 aliphatic carbocycles. The van der Waals surface area contributed by atoms with Gasteiger partial charge >= 0.3 is 0 Å². The summed E-state index contributed by atoms with van der Waals surface area (Å²) < 4.78 is 1.34. The lowest BCUT2D eigenvalue weighted by molar-refractivity contribution is -0.117. The molecule has 0 unspecified atom stereocenters. The molecule has 0 saturated heterocycles. The van der Waals surface area contributed by atoms with Gasteiger partial charge in [-0.1, -0.05) is 18.2 Å². The molecule has 0 aliphatic heterocycles. The lowest BCUT2D eigenvalue weighted by atomic mass is 10.2. The zero-order valence-corrected chi connectivity index (χ0v) is 10.8. The van der Waals surface area contributed by atoms with E-state index < -0.39 is 0 Å². The number of carbonyl (C=O) groups is 1. The first-order chi connectivity index (χ1) is 8.27. The Kier molecular flexibility index (Phi) is 4.29. The molecule has 0 spiro atoms. The number of thiophene rings is 1. The fourth-order valence-corrected chi connectivity index (χ4v) is 2.82. The van der Waals surface area contributed by atoms with Crippen LogP contribution in [0.25, 0.3) is 10.1 Å². The van der Waals surface area contributed by atoms with E-state index in [-0.39, 0.29) is 5.78 Å². The average molecular weight is 247 g/mol. The monoisotopic (exact) mass is 247 g/mol. The fraction of sp³-hybridized carbons (Fsp3) is 0.357. The van der Waals surface area contributed by atoms with Crippen LogP contribution in [0.4, 0.5) is 0 Å². The molecule has 1 aromatic heterocycles. The predicted octanol–water partition coefficient (Wildman–Crippen LogP) is 3.36. The molecule has 2 nitrogen and oxygen atoms in total. The van der Waals surface area contributed by atoms with Crippen LogP contribution in [0, 0.1) is 0 Å². The van der Waals surface area contributed by atoms with Crippen molar-refractivity contribution in [1.82, 2.24) is 5.32 Å². The minimum Gasteiger partial charge on any atom is -0.313 e. The zero-order valence-electron chi connectivity index (χ0n) is 10.0. The highest BCUT2D eigenvalue weighted by molar-refractivity contribution is 7.17. The molecule has 2 aromatic rings. The Bertz CT molecular complexity index is 504. The SMILES string of the molecule is CC(=O)CCCNCc1csc2ccccc12. The second kappa shape index (κ2) is 5.94. The third-order valence-corrected chi connectivity index (χ3v) is 3.77. The topological polar surface area (TPSA) is 29.1 Å². The summed E-state index contributed by atoms with van der Waals surface area (Å²) in [5, 5.41) is 6.94. The molecule has 1 aromatic carbocycles. The van der Waals surface area contributed by atoms with Gasteiger partial charge < -0.3 is 10.1 Å². The van der Waals surface area contributed by atoms with Gasteiger partial charge in [-0.3, -0.25) is 0 Å². The van der Waals surface area contributed by atoms with Crippen molar-refractivity contribution >= 4 is 27.2 Å². The smallest absolute Gasteiger partial charge is 0.129 e. The highest BCUT2D eigenvalue weighted by Gasteiger charge is 2.02. The molecule has 0 saturated carbocycles. The van der Waals surface area contributed by atoms with Gasteiger partial charge in [0.25, 0.3) is 0 Å². The van der Waals surface area contributed by atoms with Crippen molar-refractivity contribution in [1.29, 1.82) is 0 Å². The summed E-state index contributed by atoms with van der Waals surface area (Å²) in [4.78, 5) is 10.8. The Morgan fingerprint density at radius 1 is 1.35 bits per heavy atom. The Balaban J connectivity index is 1.85. The number of hydrogen-bond acceptors (Lipinski definition) is 3. The normalized spacial score (nSPS) is 10.9. The minimum atomic E-state index is 0.271. The number of rotatable bonds is 6. The van der Waals surface area contributed by atoms with E-state index in [1.54, 1.807) is 18.3 Å². The molecule has 3 heteroatoms. The predicted molar refractivity (Wildman–Crippen MR) is 73.4 cm³/mol. The van der Waals surface area contributed by atoms with E-state index in [1.807, 2.05) is 0 Å². The lowest BCUT2D eigenvalue weighted by Gasteiger charge is -2.02. The summed E-state index contributed by atoms with van der Waals surface area (Å²) in [5.74, 6) is 0.271. The van der Waals surface area contributed by atoms with Crippen molar-refractivity contribution in [2.24, 2.45) is 0 Å². The van der Waals surface area contributed by atoms with E-state index in [9.17, 15) is 4.79 Å². The lowest BCUT2D eigenvalue weighted by Crippen LogP contribution is -2.15. The maximum absolute atomic E-state index is 10.8. The average Bonchev–Trinajstić information content (AvgIpc) is 2.72. The van der Waals surface area contributed by atoms with Gasteiger partial charge in [-0.15, -0.1) is 11.3 Å². The largest absolute Gasteiger partial charge is 0.313 e. The molecule has 0 atom stereocenters. The minimum absolute atomic E-state index is 0.271. The highest BCUT2D eigenvalue weighted by atomic mass is 32.1. The van der Waals surface area contributed by atoms with Gasteiger partial charge in [-0.25, -0.2) is 0 Å². The van der Waals surface area contributed by atoms with Gasteiger partial charge in [0.1, 0.15) is 5.78 Å². The van der Waals surface area contributed by atoms with Gasteiger partial charge in [0.05, 0.1) is 0 Å². The van der Waals surface area contributed by atoms with Gasteiger partial charge in [0, 0.05) is 17.7 Å². The summed E-state index contributed by atoms with van der Waals surface area (Å²) in [6.45, 7) is 3.44. The van der Waals surface area contributed by atoms with Crippen molar-refractivity contribution in [3.05, 3.63) is 35.2 Å². The third kappa shape index (κ3) is 3.38. The van der Waals surface area contributed by atoms with Crippen LogP contribution in [-0.4, -0.2) is 12.3 Å². The standard InChI is InChI=1S/C14H17NOS/c1-11(16)5-4-8-15-9-12-10-17-14-7-3-2-6-13(12)14/h2-3,6-7,10,15H,4-5,8-9H2,1H3. The Hall–Kier alpha value is -1.19. The first-order valence-corrected chi connectivity index (χ1v) is 6.80. The quantitative estimate of drug-likeness (QED) is 0.793. The van der Waals surface area contributed by atoms with Crippen molar-refractivity contribution in [2.75, 3.05) is 6.54 Å². The van der Waals surface area contributed by atoms with Crippen molar-refractivity contribution in [3.63, 3.8) is 0 Å². The van der Waals surface area contributed by atoms with Crippen LogP contribution in [0.1, 0.15) is 25.3 Å². The first-order valence-electron chi connectivity index (χ1n) is 5.92. The Labute approximate surface area is 106 Å². The Morgan fingerprint density at radius 3 is 3.00 bits per heavy atom. The van der Waals surface area contributed by atoms with Crippen LogP contribution >= 0.6 is 11.3 Å². The molecule has 1 heterocycles. The second-order valence-electron chi connectivity index (χ2n) is 4.24. The molecule has 0 fully saturated rings. The van der Waals surface area contributed by atoms with Crippen LogP contribution in [0.5, 0.6) is 0 Å². The van der Waals surface area contributed by atoms with Crippen molar-refractivity contribution in [3.8, 4) is 0 Å². The molecule has 1 N–H and O–H groups in total. The van der Waals surface area contributed by atoms with E-state index in [0.29, 0.717) is 6.42 Å². The van der Waals surface area contributed by atoms with Crippen LogP contribution in [0.3, 0.4) is 0 Å². The van der Waals surface area contributed by atoms with E-state index in [2.05, 4.69) is 35.0 Å². The maximum atomic E-state index is 10.8. The van der Waals surface area contributed by atoms with Crippen LogP contribution in [-0.2, 0) is 11.3 Å². The Morgan fingerprint density at radius 2 is 2.18 bits per heavy atom. The highest BCUT2D eigenvalue weighted by Crippen LogP contribution is 2.25. The summed E-state index contributed by atoms with van der Waals surface area (Å²) in [5.41, 5.74) is 1.36. The van der Waals surface area contributed by atoms with Crippen molar-refractivity contribution < 1.29 is 4.79 Å². The van der Waals surface area contributed by atoms with Gasteiger partial charge in [-0.05, 0) is 42.3 Å². The number of hydrogen-bond donors (Lipinski definition) is 1. The molecule has 17 heavy (non-hydrogen) atoms. The van der Waals surface area contributed by atoms with Crippen LogP contribution < -0.4 is 5.32 Å². The molecule has 0 bridgehead atoms. The number of fused-ring (bicyclic) bond motifs is 1. The fourth-order valence-electron chi connectivity index (χ4n) is 1.86. The molecule has 0 radical (unpaired) electrons. The first kappa shape index (κ1) is 12.3. The summed E-state index contributed by atoms with van der Waals surface area (Å²) in [6, 6.07) is 8.47. The van der Waals surface area contributed by atoms with Crippen LogP contribution in [0.2, 0.25) is 0 Å². The second-order valence-corrected chi connectivity index (χ2v) is 5.15. The third-order valence-electron chi connectivity index (χ3n) is 2.76. The van der Waals surface area contributed by atoms with Crippen molar-refractivity contribution in [2.45, 2.75) is 26.3 Å². The maximum Gasteiger partial charge on any atom is 0.129 e. The number of ketones is 1.